The number of halogens is 5. The summed E-state index contributed by atoms with van der Waals surface area (Å²) in [7, 11) is 0. The van der Waals surface area contributed by atoms with Crippen molar-refractivity contribution in [2.75, 3.05) is 18.5 Å². The molecule has 0 unspecified atom stereocenters. The SMILES string of the molecule is O=C(NCc1ccc(Nc2ccc(Cl)cc2C(F)(F)F)cc1F)[C@@H]1CCOC1. The van der Waals surface area contributed by atoms with Crippen LogP contribution in [0.15, 0.2) is 36.4 Å². The van der Waals surface area contributed by atoms with Crippen LogP contribution >= 0.6 is 11.6 Å². The van der Waals surface area contributed by atoms with Crippen LogP contribution in [0.25, 0.3) is 0 Å². The van der Waals surface area contributed by atoms with E-state index in [9.17, 15) is 22.4 Å². The Morgan fingerprint density at radius 2 is 2.00 bits per heavy atom. The van der Waals surface area contributed by atoms with Crippen molar-refractivity contribution in [2.24, 2.45) is 5.92 Å². The molecule has 2 aromatic rings. The highest BCUT2D eigenvalue weighted by atomic mass is 35.5. The molecule has 0 spiro atoms. The molecule has 2 aromatic carbocycles. The van der Waals surface area contributed by atoms with Crippen LogP contribution in [0.5, 0.6) is 0 Å². The maximum absolute atomic E-state index is 14.3. The predicted octanol–water partition coefficient (Wildman–Crippen LogP) is 4.89. The fraction of sp³-hybridized carbons (Fsp3) is 0.316. The second-order valence-electron chi connectivity index (χ2n) is 6.40. The molecule has 0 aromatic heterocycles. The van der Waals surface area contributed by atoms with Gasteiger partial charge in [0.1, 0.15) is 5.82 Å². The molecule has 0 radical (unpaired) electrons. The number of nitrogens with one attached hydrogen (secondary N) is 2. The second-order valence-corrected chi connectivity index (χ2v) is 6.83. The minimum atomic E-state index is -4.61. The van der Waals surface area contributed by atoms with E-state index in [1.807, 2.05) is 0 Å². The van der Waals surface area contributed by atoms with Gasteiger partial charge in [-0.25, -0.2) is 4.39 Å². The number of anilines is 2. The Morgan fingerprint density at radius 1 is 1.21 bits per heavy atom. The Balaban J connectivity index is 1.70. The number of alkyl halides is 3. The van der Waals surface area contributed by atoms with Crippen molar-refractivity contribution in [3.8, 4) is 0 Å². The van der Waals surface area contributed by atoms with E-state index in [0.29, 0.717) is 19.6 Å². The number of rotatable bonds is 5. The zero-order valence-corrected chi connectivity index (χ0v) is 15.3. The van der Waals surface area contributed by atoms with Crippen molar-refractivity contribution < 1.29 is 27.1 Å². The van der Waals surface area contributed by atoms with E-state index < -0.39 is 17.6 Å². The molecule has 0 saturated carbocycles. The molecule has 4 nitrogen and oxygen atoms in total. The Labute approximate surface area is 163 Å². The van der Waals surface area contributed by atoms with Gasteiger partial charge in [0.05, 0.1) is 23.8 Å². The third-order valence-corrected chi connectivity index (χ3v) is 4.61. The fourth-order valence-electron chi connectivity index (χ4n) is 2.85. The zero-order chi connectivity index (χ0) is 20.3. The smallest absolute Gasteiger partial charge is 0.381 e. The summed E-state index contributed by atoms with van der Waals surface area (Å²) in [6.45, 7) is 0.855. The van der Waals surface area contributed by atoms with Crippen molar-refractivity contribution in [2.45, 2.75) is 19.1 Å². The van der Waals surface area contributed by atoms with Crippen LogP contribution in [0.4, 0.5) is 28.9 Å². The van der Waals surface area contributed by atoms with Crippen LogP contribution in [0.2, 0.25) is 5.02 Å². The van der Waals surface area contributed by atoms with Gasteiger partial charge in [-0.05, 0) is 36.8 Å². The molecule has 2 N–H and O–H groups in total. The number of hydrogen-bond acceptors (Lipinski definition) is 3. The summed E-state index contributed by atoms with van der Waals surface area (Å²) in [5.41, 5.74) is -0.816. The van der Waals surface area contributed by atoms with Gasteiger partial charge < -0.3 is 15.4 Å². The van der Waals surface area contributed by atoms with E-state index >= 15 is 0 Å². The Morgan fingerprint density at radius 3 is 2.64 bits per heavy atom. The minimum absolute atomic E-state index is 0.0177. The van der Waals surface area contributed by atoms with Gasteiger partial charge in [0, 0.05) is 29.4 Å². The average Bonchev–Trinajstić information content (AvgIpc) is 3.16. The molecule has 1 saturated heterocycles. The molecule has 1 aliphatic heterocycles. The first kappa shape index (κ1) is 20.4. The topological polar surface area (TPSA) is 50.4 Å². The maximum atomic E-state index is 14.3. The first-order valence-electron chi connectivity index (χ1n) is 8.51. The van der Waals surface area contributed by atoms with Crippen molar-refractivity contribution in [3.63, 3.8) is 0 Å². The number of benzene rings is 2. The highest BCUT2D eigenvalue weighted by Crippen LogP contribution is 2.37. The summed E-state index contributed by atoms with van der Waals surface area (Å²) in [5, 5.41) is 5.15. The lowest BCUT2D eigenvalue weighted by Gasteiger charge is -2.16. The fourth-order valence-corrected chi connectivity index (χ4v) is 3.02. The van der Waals surface area contributed by atoms with E-state index in [1.165, 1.54) is 24.3 Å². The van der Waals surface area contributed by atoms with Crippen LogP contribution in [-0.4, -0.2) is 19.1 Å². The number of carbonyl (C=O) groups is 1. The normalized spacial score (nSPS) is 16.8. The monoisotopic (exact) mass is 416 g/mol. The third-order valence-electron chi connectivity index (χ3n) is 4.37. The van der Waals surface area contributed by atoms with Crippen molar-refractivity contribution in [3.05, 3.63) is 58.4 Å². The molecule has 28 heavy (non-hydrogen) atoms. The molecule has 0 bridgehead atoms. The number of hydrogen-bond donors (Lipinski definition) is 2. The number of ether oxygens (including phenoxy) is 1. The highest BCUT2D eigenvalue weighted by Gasteiger charge is 2.34. The number of amides is 1. The number of carbonyl (C=O) groups excluding carboxylic acids is 1. The van der Waals surface area contributed by atoms with Gasteiger partial charge in [0.2, 0.25) is 5.91 Å². The van der Waals surface area contributed by atoms with Gasteiger partial charge in [-0.1, -0.05) is 17.7 Å². The molecule has 1 aliphatic rings. The lowest BCUT2D eigenvalue weighted by atomic mass is 10.1. The van der Waals surface area contributed by atoms with Crippen LogP contribution in [0.3, 0.4) is 0 Å². The first-order valence-corrected chi connectivity index (χ1v) is 8.89. The Kier molecular flexibility index (Phi) is 6.10. The van der Waals surface area contributed by atoms with Crippen LogP contribution in [0, 0.1) is 11.7 Å². The molecule has 1 atom stereocenters. The molecule has 3 rings (SSSR count). The molecular weight excluding hydrogens is 400 g/mol. The molecule has 1 amide bonds. The lowest BCUT2D eigenvalue weighted by molar-refractivity contribution is -0.137. The Bertz CT molecular complexity index is 867. The van der Waals surface area contributed by atoms with Crippen LogP contribution < -0.4 is 10.6 Å². The van der Waals surface area contributed by atoms with Crippen molar-refractivity contribution in [1.82, 2.24) is 5.32 Å². The third kappa shape index (κ3) is 4.94. The van der Waals surface area contributed by atoms with Crippen molar-refractivity contribution in [1.29, 1.82) is 0 Å². The summed E-state index contributed by atoms with van der Waals surface area (Å²) in [6, 6.07) is 7.23. The van der Waals surface area contributed by atoms with Gasteiger partial charge in [0.25, 0.3) is 0 Å². The quantitative estimate of drug-likeness (QED) is 0.682. The van der Waals surface area contributed by atoms with E-state index in [0.717, 1.165) is 12.1 Å². The lowest BCUT2D eigenvalue weighted by Crippen LogP contribution is -2.30. The highest BCUT2D eigenvalue weighted by molar-refractivity contribution is 6.30. The predicted molar refractivity (Wildman–Crippen MR) is 96.9 cm³/mol. The first-order chi connectivity index (χ1) is 13.2. The summed E-state index contributed by atoms with van der Waals surface area (Å²) >= 11 is 5.65. The largest absolute Gasteiger partial charge is 0.418 e. The molecule has 9 heteroatoms. The van der Waals surface area contributed by atoms with E-state index in [2.05, 4.69) is 10.6 Å². The van der Waals surface area contributed by atoms with Crippen molar-refractivity contribution >= 4 is 28.9 Å². The van der Waals surface area contributed by atoms with Gasteiger partial charge >= 0.3 is 6.18 Å². The average molecular weight is 417 g/mol. The van der Waals surface area contributed by atoms with Gasteiger partial charge in [0.15, 0.2) is 0 Å². The summed E-state index contributed by atoms with van der Waals surface area (Å²) in [5.74, 6) is -1.10. The zero-order valence-electron chi connectivity index (χ0n) is 14.6. The molecule has 0 aliphatic carbocycles. The minimum Gasteiger partial charge on any atom is -0.381 e. The summed E-state index contributed by atoms with van der Waals surface area (Å²) in [6.07, 6.45) is -3.99. The summed E-state index contributed by atoms with van der Waals surface area (Å²) in [4.78, 5) is 12.0. The van der Waals surface area contributed by atoms with Crippen LogP contribution in [0.1, 0.15) is 17.5 Å². The maximum Gasteiger partial charge on any atom is 0.418 e. The van der Waals surface area contributed by atoms with Crippen LogP contribution in [-0.2, 0) is 22.3 Å². The standard InChI is InChI=1S/C19H17ClF4N2O2/c20-13-2-4-17(15(7-13)19(22,23)24)26-14-3-1-11(16(21)8-14)9-25-18(27)12-5-6-28-10-12/h1-4,7-8,12,26H,5-6,9-10H2,(H,25,27)/t12-/m1/s1. The molecule has 150 valence electrons. The van der Waals surface area contributed by atoms with Gasteiger partial charge in [-0.15, -0.1) is 0 Å². The second kappa shape index (κ2) is 8.36. The molecule has 1 heterocycles. The summed E-state index contributed by atoms with van der Waals surface area (Å²) < 4.78 is 58.9. The van der Waals surface area contributed by atoms with Gasteiger partial charge in [-0.3, -0.25) is 4.79 Å². The van der Waals surface area contributed by atoms with Gasteiger partial charge in [-0.2, -0.15) is 13.2 Å². The molecular formula is C19H17ClF4N2O2. The van der Waals surface area contributed by atoms with E-state index in [-0.39, 0.29) is 40.3 Å². The van der Waals surface area contributed by atoms with E-state index in [4.69, 9.17) is 16.3 Å². The van der Waals surface area contributed by atoms with E-state index in [1.54, 1.807) is 0 Å². The Hall–Kier alpha value is -2.32. The molecule has 1 fully saturated rings.